The summed E-state index contributed by atoms with van der Waals surface area (Å²) >= 11 is 0. The van der Waals surface area contributed by atoms with Crippen molar-refractivity contribution in [3.05, 3.63) is 30.1 Å². The van der Waals surface area contributed by atoms with E-state index in [1.165, 1.54) is 6.20 Å². The second-order valence-corrected chi connectivity index (χ2v) is 3.85. The second kappa shape index (κ2) is 5.32. The van der Waals surface area contributed by atoms with Crippen LogP contribution in [0.2, 0.25) is 0 Å². The molecule has 1 aromatic rings. The van der Waals surface area contributed by atoms with Gasteiger partial charge in [-0.2, -0.15) is 0 Å². The quantitative estimate of drug-likeness (QED) is 0.843. The molecular formula is C11H15F2N3. The molecule has 2 rings (SSSR count). The zero-order valence-corrected chi connectivity index (χ0v) is 8.94. The molecule has 16 heavy (non-hydrogen) atoms. The third-order valence-corrected chi connectivity index (χ3v) is 2.81. The van der Waals surface area contributed by atoms with Crippen molar-refractivity contribution in [1.82, 2.24) is 15.2 Å². The van der Waals surface area contributed by atoms with Gasteiger partial charge in [0.05, 0.1) is 6.04 Å². The third-order valence-electron chi connectivity index (χ3n) is 2.81. The normalized spacial score (nSPS) is 19.9. The molecule has 1 aliphatic heterocycles. The van der Waals surface area contributed by atoms with E-state index >= 15 is 0 Å². The number of halogens is 2. The molecule has 0 unspecified atom stereocenters. The summed E-state index contributed by atoms with van der Waals surface area (Å²) in [5, 5.41) is 3.16. The van der Waals surface area contributed by atoms with Crippen LogP contribution >= 0.6 is 0 Å². The summed E-state index contributed by atoms with van der Waals surface area (Å²) in [6.45, 7) is 2.85. The van der Waals surface area contributed by atoms with E-state index in [4.69, 9.17) is 0 Å². The minimum atomic E-state index is -2.37. The van der Waals surface area contributed by atoms with E-state index in [1.807, 2.05) is 4.90 Å². The highest BCUT2D eigenvalue weighted by Gasteiger charge is 2.29. The Kier molecular flexibility index (Phi) is 3.79. The van der Waals surface area contributed by atoms with Crippen LogP contribution in [0.5, 0.6) is 0 Å². The van der Waals surface area contributed by atoms with E-state index in [-0.39, 0.29) is 0 Å². The average molecular weight is 227 g/mol. The van der Waals surface area contributed by atoms with Crippen molar-refractivity contribution in [2.75, 3.05) is 26.2 Å². The minimum Gasteiger partial charge on any atom is -0.314 e. The van der Waals surface area contributed by atoms with Gasteiger partial charge in [-0.15, -0.1) is 0 Å². The zero-order chi connectivity index (χ0) is 11.4. The highest BCUT2D eigenvalue weighted by Crippen LogP contribution is 2.26. The highest BCUT2D eigenvalue weighted by atomic mass is 19.3. The molecule has 0 saturated carbocycles. The molecule has 0 spiro atoms. The molecule has 1 aliphatic rings. The first kappa shape index (κ1) is 11.4. The lowest BCUT2D eigenvalue weighted by Crippen LogP contribution is -2.46. The van der Waals surface area contributed by atoms with Crippen molar-refractivity contribution in [3.8, 4) is 0 Å². The molecule has 3 nitrogen and oxygen atoms in total. The molecule has 1 atom stereocenters. The van der Waals surface area contributed by atoms with Gasteiger partial charge >= 0.3 is 0 Å². The minimum absolute atomic E-state index is 0.597. The number of aromatic nitrogens is 1. The van der Waals surface area contributed by atoms with Crippen LogP contribution in [0.1, 0.15) is 11.6 Å². The predicted molar refractivity (Wildman–Crippen MR) is 57.4 cm³/mol. The Bertz CT molecular complexity index is 312. The van der Waals surface area contributed by atoms with Gasteiger partial charge in [0.2, 0.25) is 0 Å². The standard InChI is InChI=1S/C11H15F2N3/c12-11(13)10(9-2-1-3-15-8-9)16-6-4-14-5-7-16/h1-3,8,10-11,14H,4-7H2/t10-/m1/s1. The predicted octanol–water partition coefficient (Wildman–Crippen LogP) is 1.29. The molecule has 0 bridgehead atoms. The summed E-state index contributed by atoms with van der Waals surface area (Å²) in [6.07, 6.45) is 0.755. The molecule has 1 aromatic heterocycles. The van der Waals surface area contributed by atoms with Crippen LogP contribution in [-0.2, 0) is 0 Å². The third kappa shape index (κ3) is 2.54. The highest BCUT2D eigenvalue weighted by molar-refractivity contribution is 5.15. The van der Waals surface area contributed by atoms with Gasteiger partial charge in [0.25, 0.3) is 6.43 Å². The molecule has 1 N–H and O–H groups in total. The van der Waals surface area contributed by atoms with Crippen LogP contribution in [0, 0.1) is 0 Å². The molecule has 88 valence electrons. The number of hydrogen-bond acceptors (Lipinski definition) is 3. The Morgan fingerprint density at radius 2 is 2.06 bits per heavy atom. The summed E-state index contributed by atoms with van der Waals surface area (Å²) in [4.78, 5) is 5.72. The van der Waals surface area contributed by atoms with Gasteiger partial charge in [0.15, 0.2) is 0 Å². The number of nitrogens with one attached hydrogen (secondary N) is 1. The fourth-order valence-electron chi connectivity index (χ4n) is 2.03. The molecule has 0 aromatic carbocycles. The van der Waals surface area contributed by atoms with Gasteiger partial charge in [0.1, 0.15) is 0 Å². The lowest BCUT2D eigenvalue weighted by atomic mass is 10.1. The number of pyridine rings is 1. The Morgan fingerprint density at radius 3 is 2.62 bits per heavy atom. The zero-order valence-electron chi connectivity index (χ0n) is 8.94. The van der Waals surface area contributed by atoms with Crippen molar-refractivity contribution in [2.45, 2.75) is 12.5 Å². The maximum atomic E-state index is 13.1. The summed E-state index contributed by atoms with van der Waals surface area (Å²) in [5.74, 6) is 0. The number of rotatable bonds is 3. The first-order chi connectivity index (χ1) is 7.79. The lowest BCUT2D eigenvalue weighted by molar-refractivity contribution is 0.0180. The molecule has 0 aliphatic carbocycles. The SMILES string of the molecule is FC(F)[C@@H](c1cccnc1)N1CCNCC1. The summed E-state index contributed by atoms with van der Waals surface area (Å²) in [7, 11) is 0. The van der Waals surface area contributed by atoms with Crippen molar-refractivity contribution < 1.29 is 8.78 Å². The summed E-state index contributed by atoms with van der Waals surface area (Å²) in [6, 6.07) is 2.59. The van der Waals surface area contributed by atoms with Crippen LogP contribution < -0.4 is 5.32 Å². The van der Waals surface area contributed by atoms with E-state index in [0.717, 1.165) is 13.1 Å². The van der Waals surface area contributed by atoms with E-state index in [9.17, 15) is 8.78 Å². The monoisotopic (exact) mass is 227 g/mol. The number of piperazine rings is 1. The fraction of sp³-hybridized carbons (Fsp3) is 0.545. The van der Waals surface area contributed by atoms with Crippen LogP contribution in [0.15, 0.2) is 24.5 Å². The van der Waals surface area contributed by atoms with Crippen molar-refractivity contribution in [3.63, 3.8) is 0 Å². The topological polar surface area (TPSA) is 28.2 Å². The maximum absolute atomic E-state index is 13.1. The van der Waals surface area contributed by atoms with Gasteiger partial charge in [0, 0.05) is 38.6 Å². The van der Waals surface area contributed by atoms with E-state index in [0.29, 0.717) is 18.7 Å². The largest absolute Gasteiger partial charge is 0.314 e. The van der Waals surface area contributed by atoms with E-state index in [2.05, 4.69) is 10.3 Å². The van der Waals surface area contributed by atoms with Crippen molar-refractivity contribution >= 4 is 0 Å². The van der Waals surface area contributed by atoms with Gasteiger partial charge in [-0.3, -0.25) is 9.88 Å². The molecular weight excluding hydrogens is 212 g/mol. The Morgan fingerprint density at radius 1 is 1.31 bits per heavy atom. The van der Waals surface area contributed by atoms with Crippen molar-refractivity contribution in [2.24, 2.45) is 0 Å². The van der Waals surface area contributed by atoms with Gasteiger partial charge in [-0.1, -0.05) is 6.07 Å². The smallest absolute Gasteiger partial charge is 0.258 e. The second-order valence-electron chi connectivity index (χ2n) is 3.85. The van der Waals surface area contributed by atoms with Crippen LogP contribution in [0.3, 0.4) is 0 Å². The van der Waals surface area contributed by atoms with Gasteiger partial charge in [-0.05, 0) is 11.6 Å². The fourth-order valence-corrected chi connectivity index (χ4v) is 2.03. The molecule has 0 amide bonds. The number of nitrogens with zero attached hydrogens (tertiary/aromatic N) is 2. The first-order valence-electron chi connectivity index (χ1n) is 5.42. The Hall–Kier alpha value is -1.07. The summed E-state index contributed by atoms with van der Waals surface area (Å²) < 4.78 is 26.2. The molecule has 5 heteroatoms. The van der Waals surface area contributed by atoms with Gasteiger partial charge < -0.3 is 5.32 Å². The Labute approximate surface area is 93.5 Å². The molecule has 1 fully saturated rings. The van der Waals surface area contributed by atoms with Crippen LogP contribution in [-0.4, -0.2) is 42.5 Å². The lowest BCUT2D eigenvalue weighted by Gasteiger charge is -2.34. The number of hydrogen-bond donors (Lipinski definition) is 1. The maximum Gasteiger partial charge on any atom is 0.258 e. The van der Waals surface area contributed by atoms with E-state index in [1.54, 1.807) is 18.3 Å². The molecule has 0 radical (unpaired) electrons. The average Bonchev–Trinajstić information content (AvgIpc) is 2.31. The molecule has 1 saturated heterocycles. The van der Waals surface area contributed by atoms with Crippen molar-refractivity contribution in [1.29, 1.82) is 0 Å². The number of alkyl halides is 2. The van der Waals surface area contributed by atoms with Crippen LogP contribution in [0.4, 0.5) is 8.78 Å². The van der Waals surface area contributed by atoms with Gasteiger partial charge in [-0.25, -0.2) is 8.78 Å². The van der Waals surface area contributed by atoms with Crippen LogP contribution in [0.25, 0.3) is 0 Å². The first-order valence-corrected chi connectivity index (χ1v) is 5.42. The Balaban J connectivity index is 2.16. The molecule has 2 heterocycles. The summed E-state index contributed by atoms with van der Waals surface area (Å²) in [5.41, 5.74) is 0.597. The van der Waals surface area contributed by atoms with E-state index < -0.39 is 12.5 Å².